The highest BCUT2D eigenvalue weighted by Crippen LogP contribution is 2.40. The van der Waals surface area contributed by atoms with Gasteiger partial charge in [0, 0.05) is 0 Å². The number of anilines is 1. The van der Waals surface area contributed by atoms with Crippen LogP contribution in [0.5, 0.6) is 5.75 Å². The third-order valence-electron chi connectivity index (χ3n) is 5.06. The summed E-state index contributed by atoms with van der Waals surface area (Å²) in [5, 5.41) is 10.9. The van der Waals surface area contributed by atoms with Crippen LogP contribution in [0.4, 0.5) is 10.1 Å². The van der Waals surface area contributed by atoms with Crippen LogP contribution in [0.25, 0.3) is 0 Å². The molecule has 1 aliphatic rings. The van der Waals surface area contributed by atoms with Crippen molar-refractivity contribution in [3.8, 4) is 5.75 Å². The monoisotopic (exact) mass is 383 g/mol. The molecule has 0 saturated carbocycles. The number of halogens is 1. The average molecular weight is 383 g/mol. The van der Waals surface area contributed by atoms with Crippen molar-refractivity contribution in [2.75, 3.05) is 4.90 Å². The van der Waals surface area contributed by atoms with Crippen molar-refractivity contribution in [3.63, 3.8) is 0 Å². The first kappa shape index (κ1) is 20.1. The molecule has 0 radical (unpaired) electrons. The molecule has 0 aromatic heterocycles. The van der Waals surface area contributed by atoms with Gasteiger partial charge in [-0.05, 0) is 57.9 Å². The fraction of sp³-hybridized carbons (Fsp3) is 0.391. The second kappa shape index (κ2) is 6.43. The number of nitrogens with zero attached hydrogens (tertiary/aromatic N) is 1. The molecule has 1 amide bonds. The van der Waals surface area contributed by atoms with E-state index in [2.05, 4.69) is 0 Å². The summed E-state index contributed by atoms with van der Waals surface area (Å²) in [6.07, 6.45) is 0. The zero-order chi connectivity index (χ0) is 21.0. The first-order chi connectivity index (χ1) is 12.8. The maximum Gasteiger partial charge on any atom is 0.299 e. The third kappa shape index (κ3) is 3.41. The fourth-order valence-corrected chi connectivity index (χ4v) is 3.54. The van der Waals surface area contributed by atoms with Gasteiger partial charge in [0.1, 0.15) is 11.6 Å². The van der Waals surface area contributed by atoms with Gasteiger partial charge in [-0.3, -0.25) is 9.59 Å². The van der Waals surface area contributed by atoms with E-state index in [4.69, 9.17) is 0 Å². The molecule has 0 bridgehead atoms. The molecular weight excluding hydrogens is 357 g/mol. The lowest BCUT2D eigenvalue weighted by atomic mass is 9.78. The highest BCUT2D eigenvalue weighted by molar-refractivity contribution is 6.52. The Bertz CT molecular complexity index is 945. The van der Waals surface area contributed by atoms with Crippen molar-refractivity contribution in [2.45, 2.75) is 58.9 Å². The Kier molecular flexibility index (Phi) is 4.61. The van der Waals surface area contributed by atoms with Gasteiger partial charge in [0.05, 0.1) is 17.8 Å². The van der Waals surface area contributed by atoms with Crippen LogP contribution in [0, 0.1) is 5.82 Å². The maximum atomic E-state index is 13.5. The molecule has 0 aliphatic carbocycles. The Morgan fingerprint density at radius 2 is 1.46 bits per heavy atom. The minimum Gasteiger partial charge on any atom is -0.507 e. The zero-order valence-electron chi connectivity index (χ0n) is 17.2. The normalized spacial score (nSPS) is 14.6. The summed E-state index contributed by atoms with van der Waals surface area (Å²) in [5.41, 5.74) is 2.29. The van der Waals surface area contributed by atoms with Crippen LogP contribution in [0.3, 0.4) is 0 Å². The zero-order valence-corrected chi connectivity index (χ0v) is 17.2. The van der Waals surface area contributed by atoms with Crippen LogP contribution in [0.15, 0.2) is 30.3 Å². The van der Waals surface area contributed by atoms with Crippen molar-refractivity contribution in [2.24, 2.45) is 0 Å². The van der Waals surface area contributed by atoms with E-state index < -0.39 is 17.5 Å². The summed E-state index contributed by atoms with van der Waals surface area (Å²) < 4.78 is 13.5. The Labute approximate surface area is 165 Å². The van der Waals surface area contributed by atoms with Gasteiger partial charge in [0.2, 0.25) is 0 Å². The molecule has 1 aliphatic heterocycles. The molecule has 0 saturated heterocycles. The number of carbonyl (C=O) groups is 2. The first-order valence-corrected chi connectivity index (χ1v) is 9.33. The number of Topliss-reactive ketones (excluding diaryl/α,β-unsaturated/α-hetero) is 1. The number of carbonyl (C=O) groups excluding carboxylic acids is 2. The van der Waals surface area contributed by atoms with Crippen LogP contribution >= 0.6 is 0 Å². The Hall–Kier alpha value is -2.69. The summed E-state index contributed by atoms with van der Waals surface area (Å²) in [4.78, 5) is 26.1. The Balaban J connectivity index is 2.11. The van der Waals surface area contributed by atoms with Gasteiger partial charge in [0.25, 0.3) is 11.7 Å². The second-order valence-electron chi connectivity index (χ2n) is 9.42. The number of rotatable bonds is 2. The van der Waals surface area contributed by atoms with E-state index in [-0.39, 0.29) is 28.7 Å². The molecule has 1 N–H and O–H groups in total. The van der Waals surface area contributed by atoms with Crippen molar-refractivity contribution in [1.29, 1.82) is 0 Å². The highest BCUT2D eigenvalue weighted by Gasteiger charge is 2.36. The number of fused-ring (bicyclic) bond motifs is 1. The highest BCUT2D eigenvalue weighted by atomic mass is 19.1. The predicted octanol–water partition coefficient (Wildman–Crippen LogP) is 4.86. The SMILES string of the molecule is CC(C)(C)c1cc(CN2C(=O)C(=O)c3cc(F)ccc32)cc(C(C)(C)C)c1O. The lowest BCUT2D eigenvalue weighted by molar-refractivity contribution is -0.114. The van der Waals surface area contributed by atoms with Gasteiger partial charge >= 0.3 is 0 Å². The molecule has 0 unspecified atom stereocenters. The smallest absolute Gasteiger partial charge is 0.299 e. The van der Waals surface area contributed by atoms with Crippen molar-refractivity contribution < 1.29 is 19.1 Å². The summed E-state index contributed by atoms with van der Waals surface area (Å²) in [5.74, 6) is -1.64. The average Bonchev–Trinajstić information content (AvgIpc) is 2.79. The number of ketones is 1. The summed E-state index contributed by atoms with van der Waals surface area (Å²) >= 11 is 0. The summed E-state index contributed by atoms with van der Waals surface area (Å²) in [7, 11) is 0. The molecule has 1 heterocycles. The summed E-state index contributed by atoms with van der Waals surface area (Å²) in [6, 6.07) is 7.57. The second-order valence-corrected chi connectivity index (χ2v) is 9.42. The van der Waals surface area contributed by atoms with Gasteiger partial charge in [0.15, 0.2) is 0 Å². The van der Waals surface area contributed by atoms with Crippen LogP contribution in [-0.2, 0) is 22.2 Å². The molecular formula is C23H26FNO3. The molecule has 0 fully saturated rings. The van der Waals surface area contributed by atoms with E-state index in [1.54, 1.807) is 0 Å². The van der Waals surface area contributed by atoms with E-state index in [0.717, 1.165) is 22.8 Å². The number of aromatic hydroxyl groups is 1. The largest absolute Gasteiger partial charge is 0.507 e. The van der Waals surface area contributed by atoms with E-state index in [0.29, 0.717) is 5.69 Å². The number of amides is 1. The van der Waals surface area contributed by atoms with Crippen LogP contribution in [0.1, 0.15) is 68.6 Å². The quantitative estimate of drug-likeness (QED) is 0.754. The first-order valence-electron chi connectivity index (χ1n) is 9.33. The molecule has 2 aromatic carbocycles. The van der Waals surface area contributed by atoms with Gasteiger partial charge in [-0.15, -0.1) is 0 Å². The molecule has 3 rings (SSSR count). The van der Waals surface area contributed by atoms with Gasteiger partial charge in [-0.1, -0.05) is 41.5 Å². The maximum absolute atomic E-state index is 13.5. The molecule has 148 valence electrons. The molecule has 28 heavy (non-hydrogen) atoms. The Morgan fingerprint density at radius 3 is 1.96 bits per heavy atom. The summed E-state index contributed by atoms with van der Waals surface area (Å²) in [6.45, 7) is 12.3. The van der Waals surface area contributed by atoms with E-state index in [1.807, 2.05) is 53.7 Å². The molecule has 4 nitrogen and oxygen atoms in total. The van der Waals surface area contributed by atoms with Gasteiger partial charge in [-0.2, -0.15) is 0 Å². The number of hydrogen-bond acceptors (Lipinski definition) is 3. The molecule has 0 spiro atoms. The number of phenols is 1. The van der Waals surface area contributed by atoms with Gasteiger partial charge in [-0.25, -0.2) is 4.39 Å². The Morgan fingerprint density at radius 1 is 0.929 bits per heavy atom. The predicted molar refractivity (Wildman–Crippen MR) is 107 cm³/mol. The third-order valence-corrected chi connectivity index (χ3v) is 5.06. The topological polar surface area (TPSA) is 57.6 Å². The fourth-order valence-electron chi connectivity index (χ4n) is 3.54. The lowest BCUT2D eigenvalue weighted by Gasteiger charge is -2.29. The van der Waals surface area contributed by atoms with E-state index in [9.17, 15) is 19.1 Å². The van der Waals surface area contributed by atoms with Crippen molar-refractivity contribution >= 4 is 17.4 Å². The number of hydrogen-bond donors (Lipinski definition) is 1. The van der Waals surface area contributed by atoms with E-state index in [1.165, 1.54) is 17.0 Å². The molecule has 0 atom stereocenters. The van der Waals surface area contributed by atoms with Crippen molar-refractivity contribution in [3.05, 3.63) is 58.4 Å². The van der Waals surface area contributed by atoms with E-state index >= 15 is 0 Å². The van der Waals surface area contributed by atoms with Crippen LogP contribution in [0.2, 0.25) is 0 Å². The number of phenolic OH excluding ortho intramolecular Hbond substituents is 1. The van der Waals surface area contributed by atoms with Crippen LogP contribution < -0.4 is 4.90 Å². The van der Waals surface area contributed by atoms with Crippen LogP contribution in [-0.4, -0.2) is 16.8 Å². The number of benzene rings is 2. The van der Waals surface area contributed by atoms with Crippen molar-refractivity contribution in [1.82, 2.24) is 0 Å². The van der Waals surface area contributed by atoms with Gasteiger partial charge < -0.3 is 10.0 Å². The molecule has 2 aromatic rings. The molecule has 5 heteroatoms. The minimum absolute atomic E-state index is 0.0934. The minimum atomic E-state index is -0.694. The lowest BCUT2D eigenvalue weighted by Crippen LogP contribution is -2.29. The standard InChI is InChI=1S/C23H26FNO3/c1-22(2,3)16-9-13(10-17(20(16)27)23(4,5)6)12-25-18-8-7-14(24)11-15(18)19(26)21(25)28/h7-11,27H,12H2,1-6H3.